The molecule has 0 saturated heterocycles. The highest BCUT2D eigenvalue weighted by Crippen LogP contribution is 2.17. The van der Waals surface area contributed by atoms with E-state index >= 15 is 0 Å². The molecule has 1 N–H and O–H groups in total. The van der Waals surface area contributed by atoms with Crippen LogP contribution < -0.4 is 4.74 Å². The summed E-state index contributed by atoms with van der Waals surface area (Å²) in [5.41, 5.74) is 0.640. The van der Waals surface area contributed by atoms with E-state index in [1.165, 1.54) is 19.1 Å². The van der Waals surface area contributed by atoms with Gasteiger partial charge in [0.2, 0.25) is 0 Å². The van der Waals surface area contributed by atoms with E-state index in [4.69, 9.17) is 14.6 Å². The fourth-order valence-corrected chi connectivity index (χ4v) is 3.71. The SMILES string of the molecule is CC.CC(=O)CCCOCCS(=O)(=O)c1ccc(OCCC(=O)c2ccccc2)cc1.CO. The van der Waals surface area contributed by atoms with Crippen molar-refractivity contribution in [2.24, 2.45) is 0 Å². The van der Waals surface area contributed by atoms with Gasteiger partial charge in [0.25, 0.3) is 0 Å². The first-order chi connectivity index (χ1) is 15.9. The van der Waals surface area contributed by atoms with Crippen molar-refractivity contribution in [2.45, 2.75) is 44.9 Å². The van der Waals surface area contributed by atoms with Gasteiger partial charge in [-0.2, -0.15) is 0 Å². The number of hydrogen-bond acceptors (Lipinski definition) is 7. The lowest BCUT2D eigenvalue weighted by Crippen LogP contribution is -2.13. The molecule has 0 heterocycles. The van der Waals surface area contributed by atoms with Crippen LogP contribution in [0.5, 0.6) is 5.75 Å². The maximum absolute atomic E-state index is 12.3. The second-order valence-corrected chi connectivity index (χ2v) is 8.71. The molecule has 0 aliphatic heterocycles. The number of benzene rings is 2. The van der Waals surface area contributed by atoms with E-state index in [-0.39, 0.29) is 41.8 Å². The predicted octanol–water partition coefficient (Wildman–Crippen LogP) is 4.13. The number of ketones is 2. The maximum atomic E-state index is 12.3. The van der Waals surface area contributed by atoms with Gasteiger partial charge in [-0.1, -0.05) is 44.2 Å². The lowest BCUT2D eigenvalue weighted by Gasteiger charge is -2.08. The molecule has 0 amide bonds. The van der Waals surface area contributed by atoms with Gasteiger partial charge in [-0.25, -0.2) is 8.42 Å². The maximum Gasteiger partial charge on any atom is 0.180 e. The minimum absolute atomic E-state index is 0.00639. The molecule has 0 aliphatic carbocycles. The van der Waals surface area contributed by atoms with Crippen molar-refractivity contribution in [1.29, 1.82) is 0 Å². The molecule has 33 heavy (non-hydrogen) atoms. The minimum atomic E-state index is -3.45. The number of aliphatic hydroxyl groups excluding tert-OH is 1. The van der Waals surface area contributed by atoms with E-state index in [1.54, 1.807) is 24.3 Å². The first kappa shape index (κ1) is 30.4. The summed E-state index contributed by atoms with van der Waals surface area (Å²) in [6, 6.07) is 15.1. The zero-order chi connectivity index (χ0) is 25.1. The molecule has 0 spiro atoms. The van der Waals surface area contributed by atoms with E-state index < -0.39 is 9.84 Å². The Bertz CT molecular complexity index is 892. The van der Waals surface area contributed by atoms with Crippen molar-refractivity contribution >= 4 is 21.4 Å². The first-order valence-corrected chi connectivity index (χ1v) is 12.6. The summed E-state index contributed by atoms with van der Waals surface area (Å²) in [5.74, 6) is 0.463. The normalized spacial score (nSPS) is 10.2. The molecule has 0 saturated carbocycles. The fourth-order valence-electron chi connectivity index (χ4n) is 2.58. The summed E-state index contributed by atoms with van der Waals surface area (Å²) in [7, 11) is -2.45. The molecule has 0 atom stereocenters. The smallest absolute Gasteiger partial charge is 0.180 e. The van der Waals surface area contributed by atoms with Gasteiger partial charge in [0.1, 0.15) is 11.5 Å². The van der Waals surface area contributed by atoms with Gasteiger partial charge in [0, 0.05) is 32.1 Å². The molecule has 184 valence electrons. The number of ether oxygens (including phenoxy) is 2. The van der Waals surface area contributed by atoms with Gasteiger partial charge in [-0.05, 0) is 37.6 Å². The van der Waals surface area contributed by atoms with Gasteiger partial charge in [-0.15, -0.1) is 0 Å². The third-order valence-electron chi connectivity index (χ3n) is 4.19. The summed E-state index contributed by atoms with van der Waals surface area (Å²) in [6.07, 6.45) is 1.27. The van der Waals surface area contributed by atoms with E-state index in [0.717, 1.165) is 7.11 Å². The van der Waals surface area contributed by atoms with Crippen LogP contribution in [-0.2, 0) is 19.4 Å². The number of hydrogen-bond donors (Lipinski definition) is 1. The van der Waals surface area contributed by atoms with Crippen LogP contribution in [0.2, 0.25) is 0 Å². The molecule has 0 aromatic heterocycles. The van der Waals surface area contributed by atoms with Crippen LogP contribution in [0, 0.1) is 0 Å². The molecule has 0 aliphatic rings. The summed E-state index contributed by atoms with van der Waals surface area (Å²) >= 11 is 0. The fraction of sp³-hybridized carbons (Fsp3) is 0.440. The monoisotopic (exact) mass is 480 g/mol. The number of aliphatic hydroxyl groups is 1. The highest BCUT2D eigenvalue weighted by molar-refractivity contribution is 7.91. The van der Waals surface area contributed by atoms with Crippen LogP contribution in [0.3, 0.4) is 0 Å². The number of carbonyl (C=O) groups is 2. The average molecular weight is 481 g/mol. The Kier molecular flexibility index (Phi) is 16.6. The zero-order valence-electron chi connectivity index (χ0n) is 20.0. The average Bonchev–Trinajstić information content (AvgIpc) is 2.84. The summed E-state index contributed by atoms with van der Waals surface area (Å²) < 4.78 is 35.5. The van der Waals surface area contributed by atoms with Crippen molar-refractivity contribution in [1.82, 2.24) is 0 Å². The molecule has 2 aromatic rings. The molecule has 0 radical (unpaired) electrons. The number of Topliss-reactive ketones (excluding diaryl/α,β-unsaturated/α-hetero) is 2. The van der Waals surface area contributed by atoms with Gasteiger partial charge < -0.3 is 19.4 Å². The molecule has 0 fully saturated rings. The molecular formula is C25H36O7S. The first-order valence-electron chi connectivity index (χ1n) is 10.9. The van der Waals surface area contributed by atoms with E-state index in [0.29, 0.717) is 30.8 Å². The summed E-state index contributed by atoms with van der Waals surface area (Å²) in [5, 5.41) is 7.00. The Morgan fingerprint density at radius 2 is 1.45 bits per heavy atom. The molecule has 2 rings (SSSR count). The van der Waals surface area contributed by atoms with Crippen LogP contribution >= 0.6 is 0 Å². The van der Waals surface area contributed by atoms with Crippen molar-refractivity contribution in [3.8, 4) is 5.75 Å². The molecule has 0 bridgehead atoms. The second kappa shape index (κ2) is 17.9. The van der Waals surface area contributed by atoms with Gasteiger partial charge in [0.15, 0.2) is 15.6 Å². The molecule has 7 nitrogen and oxygen atoms in total. The van der Waals surface area contributed by atoms with Crippen LogP contribution in [0.1, 0.15) is 50.4 Å². The van der Waals surface area contributed by atoms with Gasteiger partial charge in [0.05, 0.1) is 23.9 Å². The summed E-state index contributed by atoms with van der Waals surface area (Å²) in [6.45, 7) is 6.18. The summed E-state index contributed by atoms with van der Waals surface area (Å²) in [4.78, 5) is 23.1. The standard InChI is InChI=1S/C22H26O6S.C2H6.CH4O/c1-18(23)6-5-14-27-16-17-29(25,26)21-11-9-20(10-12-21)28-15-13-22(24)19-7-3-2-4-8-19;2*1-2/h2-4,7-12H,5-6,13-17H2,1H3;1-2H3;2H,1H3. The highest BCUT2D eigenvalue weighted by atomic mass is 32.2. The van der Waals surface area contributed by atoms with Crippen molar-refractivity contribution in [3.63, 3.8) is 0 Å². The Morgan fingerprint density at radius 1 is 0.848 bits per heavy atom. The van der Waals surface area contributed by atoms with E-state index in [2.05, 4.69) is 0 Å². The van der Waals surface area contributed by atoms with Crippen molar-refractivity contribution in [3.05, 3.63) is 60.2 Å². The predicted molar refractivity (Wildman–Crippen MR) is 130 cm³/mol. The topological polar surface area (TPSA) is 107 Å². The quantitative estimate of drug-likeness (QED) is 0.339. The van der Waals surface area contributed by atoms with Gasteiger partial charge in [-0.3, -0.25) is 4.79 Å². The Morgan fingerprint density at radius 3 is 2.03 bits per heavy atom. The molecule has 8 heteroatoms. The lowest BCUT2D eigenvalue weighted by atomic mass is 10.1. The van der Waals surface area contributed by atoms with E-state index in [1.807, 2.05) is 32.0 Å². The van der Waals surface area contributed by atoms with Crippen LogP contribution in [-0.4, -0.2) is 57.8 Å². The minimum Gasteiger partial charge on any atom is -0.493 e. The van der Waals surface area contributed by atoms with Gasteiger partial charge >= 0.3 is 0 Å². The molecule has 2 aromatic carbocycles. The van der Waals surface area contributed by atoms with Crippen LogP contribution in [0.15, 0.2) is 59.5 Å². The number of sulfone groups is 1. The Hall–Kier alpha value is -2.55. The molecular weight excluding hydrogens is 444 g/mol. The number of rotatable bonds is 13. The van der Waals surface area contributed by atoms with Crippen molar-refractivity contribution < 1.29 is 32.6 Å². The highest BCUT2D eigenvalue weighted by Gasteiger charge is 2.14. The van der Waals surface area contributed by atoms with E-state index in [9.17, 15) is 18.0 Å². The second-order valence-electron chi connectivity index (χ2n) is 6.60. The van der Waals surface area contributed by atoms with Crippen molar-refractivity contribution in [2.75, 3.05) is 32.7 Å². The largest absolute Gasteiger partial charge is 0.493 e. The Labute approximate surface area is 197 Å². The molecule has 0 unspecified atom stereocenters. The Balaban J connectivity index is 0.00000242. The third kappa shape index (κ3) is 12.9. The zero-order valence-corrected chi connectivity index (χ0v) is 20.8. The van der Waals surface area contributed by atoms with Crippen LogP contribution in [0.25, 0.3) is 0 Å². The number of carbonyl (C=O) groups excluding carboxylic acids is 2. The van der Waals surface area contributed by atoms with Crippen LogP contribution in [0.4, 0.5) is 0 Å². The lowest BCUT2D eigenvalue weighted by molar-refractivity contribution is -0.117. The third-order valence-corrected chi connectivity index (χ3v) is 5.88.